The minimum Gasteiger partial charge on any atom is -0.482 e. The van der Waals surface area contributed by atoms with Crippen molar-refractivity contribution in [2.75, 3.05) is 24.2 Å². The van der Waals surface area contributed by atoms with Gasteiger partial charge in [0.05, 0.1) is 5.69 Å². The maximum absolute atomic E-state index is 12.1. The molecular formula is C17H16N2O3S. The van der Waals surface area contributed by atoms with E-state index in [9.17, 15) is 9.59 Å². The van der Waals surface area contributed by atoms with Gasteiger partial charge >= 0.3 is 0 Å². The van der Waals surface area contributed by atoms with Crippen LogP contribution in [-0.4, -0.2) is 30.7 Å². The molecule has 1 heterocycles. The molecule has 0 radical (unpaired) electrons. The summed E-state index contributed by atoms with van der Waals surface area (Å²) in [5, 5.41) is 5.58. The van der Waals surface area contributed by atoms with Crippen LogP contribution in [0.5, 0.6) is 5.75 Å². The van der Waals surface area contributed by atoms with E-state index in [4.69, 9.17) is 4.74 Å². The van der Waals surface area contributed by atoms with E-state index in [1.807, 2.05) is 30.3 Å². The van der Waals surface area contributed by atoms with E-state index in [1.54, 1.807) is 30.0 Å². The zero-order valence-electron chi connectivity index (χ0n) is 12.4. The monoisotopic (exact) mass is 328 g/mol. The fraction of sp³-hybridized carbons (Fsp3) is 0.176. The molecule has 1 aliphatic heterocycles. The van der Waals surface area contributed by atoms with Crippen molar-refractivity contribution in [3.8, 4) is 5.75 Å². The third kappa shape index (κ3) is 4.04. The van der Waals surface area contributed by atoms with Crippen LogP contribution in [0.3, 0.4) is 0 Å². The Bertz CT molecular complexity index is 719. The lowest BCUT2D eigenvalue weighted by molar-refractivity contribution is -0.118. The maximum atomic E-state index is 12.1. The smallest absolute Gasteiger partial charge is 0.262 e. The number of hydrogen-bond donors (Lipinski definition) is 2. The lowest BCUT2D eigenvalue weighted by atomic mass is 10.1. The molecule has 1 aliphatic rings. The van der Waals surface area contributed by atoms with Crippen LogP contribution >= 0.6 is 11.8 Å². The van der Waals surface area contributed by atoms with Crippen molar-refractivity contribution in [1.82, 2.24) is 5.32 Å². The first-order valence-electron chi connectivity index (χ1n) is 7.25. The molecule has 0 atom stereocenters. The average Bonchev–Trinajstić information content (AvgIpc) is 2.59. The van der Waals surface area contributed by atoms with Crippen LogP contribution < -0.4 is 15.4 Å². The largest absolute Gasteiger partial charge is 0.482 e. The van der Waals surface area contributed by atoms with Crippen molar-refractivity contribution in [2.45, 2.75) is 4.90 Å². The zero-order valence-corrected chi connectivity index (χ0v) is 13.2. The van der Waals surface area contributed by atoms with E-state index in [-0.39, 0.29) is 18.4 Å². The fourth-order valence-corrected chi connectivity index (χ4v) is 2.96. The summed E-state index contributed by atoms with van der Waals surface area (Å²) in [6, 6.07) is 15.1. The Labute approximate surface area is 138 Å². The molecule has 0 unspecified atom stereocenters. The molecule has 0 aliphatic carbocycles. The molecule has 3 rings (SSSR count). The normalized spacial score (nSPS) is 12.8. The van der Waals surface area contributed by atoms with Gasteiger partial charge in [0.1, 0.15) is 5.75 Å². The van der Waals surface area contributed by atoms with Gasteiger partial charge in [-0.1, -0.05) is 18.2 Å². The Morgan fingerprint density at radius 2 is 2.04 bits per heavy atom. The Morgan fingerprint density at radius 3 is 2.87 bits per heavy atom. The van der Waals surface area contributed by atoms with Crippen LogP contribution in [-0.2, 0) is 4.79 Å². The number of amides is 2. The third-order valence-electron chi connectivity index (χ3n) is 3.28. The van der Waals surface area contributed by atoms with Crippen molar-refractivity contribution in [3.05, 3.63) is 54.1 Å². The molecule has 0 saturated heterocycles. The predicted octanol–water partition coefficient (Wildman–Crippen LogP) is 2.54. The number of fused-ring (bicyclic) bond motifs is 1. The molecule has 5 nitrogen and oxygen atoms in total. The van der Waals surface area contributed by atoms with Gasteiger partial charge in [-0.15, -0.1) is 11.8 Å². The van der Waals surface area contributed by atoms with Gasteiger partial charge in [-0.2, -0.15) is 0 Å². The molecule has 2 aromatic carbocycles. The summed E-state index contributed by atoms with van der Waals surface area (Å²) in [4.78, 5) is 24.5. The fourth-order valence-electron chi connectivity index (χ4n) is 2.17. The van der Waals surface area contributed by atoms with Crippen LogP contribution in [0.2, 0.25) is 0 Å². The van der Waals surface area contributed by atoms with Gasteiger partial charge in [0.15, 0.2) is 6.61 Å². The van der Waals surface area contributed by atoms with Crippen LogP contribution in [0.15, 0.2) is 53.4 Å². The van der Waals surface area contributed by atoms with Crippen molar-refractivity contribution in [2.24, 2.45) is 0 Å². The lowest BCUT2D eigenvalue weighted by Crippen LogP contribution is -2.27. The van der Waals surface area contributed by atoms with Gasteiger partial charge in [-0.3, -0.25) is 9.59 Å². The van der Waals surface area contributed by atoms with Crippen molar-refractivity contribution < 1.29 is 14.3 Å². The van der Waals surface area contributed by atoms with Gasteiger partial charge in [0.25, 0.3) is 11.8 Å². The molecule has 118 valence electrons. The van der Waals surface area contributed by atoms with E-state index in [0.717, 1.165) is 5.75 Å². The molecule has 0 fully saturated rings. The Kier molecular flexibility index (Phi) is 4.83. The summed E-state index contributed by atoms with van der Waals surface area (Å²) in [5.41, 5.74) is 1.11. The Morgan fingerprint density at radius 1 is 1.22 bits per heavy atom. The number of anilines is 1. The second kappa shape index (κ2) is 7.19. The number of thioether (sulfide) groups is 1. The quantitative estimate of drug-likeness (QED) is 0.654. The highest BCUT2D eigenvalue weighted by Gasteiger charge is 2.17. The molecule has 0 aromatic heterocycles. The maximum Gasteiger partial charge on any atom is 0.262 e. The number of ether oxygens (including phenoxy) is 1. The van der Waals surface area contributed by atoms with Gasteiger partial charge in [0.2, 0.25) is 0 Å². The molecule has 0 saturated carbocycles. The topological polar surface area (TPSA) is 67.4 Å². The summed E-state index contributed by atoms with van der Waals surface area (Å²) in [6.45, 7) is 0.554. The molecular weight excluding hydrogens is 312 g/mol. The lowest BCUT2D eigenvalue weighted by Gasteiger charge is -2.18. The average molecular weight is 328 g/mol. The number of rotatable bonds is 5. The molecule has 0 bridgehead atoms. The van der Waals surface area contributed by atoms with E-state index in [2.05, 4.69) is 10.6 Å². The summed E-state index contributed by atoms with van der Waals surface area (Å²) in [7, 11) is 0. The second-order valence-corrected chi connectivity index (χ2v) is 6.13. The summed E-state index contributed by atoms with van der Waals surface area (Å²) in [6.07, 6.45) is 0. The van der Waals surface area contributed by atoms with E-state index in [0.29, 0.717) is 23.5 Å². The van der Waals surface area contributed by atoms with Crippen LogP contribution in [0.25, 0.3) is 0 Å². The molecule has 2 amide bonds. The molecule has 6 heteroatoms. The SMILES string of the molecule is O=C1COc2cc(C(=O)NCCSc3ccccc3)ccc2N1. The Hall–Kier alpha value is -2.47. The van der Waals surface area contributed by atoms with Crippen LogP contribution in [0, 0.1) is 0 Å². The molecule has 2 aromatic rings. The first kappa shape index (κ1) is 15.4. The number of carbonyl (C=O) groups excluding carboxylic acids is 2. The standard InChI is InChI=1S/C17H16N2O3S/c20-16-11-22-15-10-12(6-7-14(15)19-16)17(21)18-8-9-23-13-4-2-1-3-5-13/h1-7,10H,8-9,11H2,(H,18,21)(H,19,20). The first-order chi connectivity index (χ1) is 11.2. The van der Waals surface area contributed by atoms with Crippen molar-refractivity contribution >= 4 is 29.3 Å². The molecule has 0 spiro atoms. The zero-order chi connectivity index (χ0) is 16.1. The summed E-state index contributed by atoms with van der Waals surface area (Å²) < 4.78 is 5.31. The van der Waals surface area contributed by atoms with Crippen LogP contribution in [0.1, 0.15) is 10.4 Å². The minimum atomic E-state index is -0.187. The summed E-state index contributed by atoms with van der Waals surface area (Å²) >= 11 is 1.69. The number of nitrogens with one attached hydrogen (secondary N) is 2. The van der Waals surface area contributed by atoms with Gasteiger partial charge in [-0.25, -0.2) is 0 Å². The third-order valence-corrected chi connectivity index (χ3v) is 4.29. The highest BCUT2D eigenvalue weighted by atomic mass is 32.2. The second-order valence-electron chi connectivity index (χ2n) is 4.97. The summed E-state index contributed by atoms with van der Waals surface area (Å²) in [5.74, 6) is 0.985. The van der Waals surface area contributed by atoms with Crippen molar-refractivity contribution in [1.29, 1.82) is 0 Å². The van der Waals surface area contributed by atoms with Gasteiger partial charge in [0, 0.05) is 22.8 Å². The number of benzene rings is 2. The first-order valence-corrected chi connectivity index (χ1v) is 8.24. The van der Waals surface area contributed by atoms with Crippen LogP contribution in [0.4, 0.5) is 5.69 Å². The van der Waals surface area contributed by atoms with Gasteiger partial charge < -0.3 is 15.4 Å². The molecule has 2 N–H and O–H groups in total. The minimum absolute atomic E-state index is 0.0220. The Balaban J connectivity index is 1.51. The molecule has 23 heavy (non-hydrogen) atoms. The highest BCUT2D eigenvalue weighted by Crippen LogP contribution is 2.28. The van der Waals surface area contributed by atoms with Gasteiger partial charge in [-0.05, 0) is 30.3 Å². The van der Waals surface area contributed by atoms with E-state index >= 15 is 0 Å². The van der Waals surface area contributed by atoms with E-state index in [1.165, 1.54) is 4.90 Å². The predicted molar refractivity (Wildman–Crippen MR) is 90.1 cm³/mol. The number of hydrogen-bond acceptors (Lipinski definition) is 4. The van der Waals surface area contributed by atoms with Crippen molar-refractivity contribution in [3.63, 3.8) is 0 Å². The highest BCUT2D eigenvalue weighted by molar-refractivity contribution is 7.99. The number of carbonyl (C=O) groups is 2. The van der Waals surface area contributed by atoms with E-state index < -0.39 is 0 Å².